The highest BCUT2D eigenvalue weighted by Gasteiger charge is 2.51. The van der Waals surface area contributed by atoms with Gasteiger partial charge in [0, 0.05) is 11.1 Å². The molecule has 0 saturated heterocycles. The first-order chi connectivity index (χ1) is 11.6. The Hall–Kier alpha value is -2.82. The fourth-order valence-electron chi connectivity index (χ4n) is 2.62. The molecule has 2 N–H and O–H groups in total. The minimum Gasteiger partial charge on any atom is -0.493 e. The first-order valence-electron chi connectivity index (χ1n) is 7.94. The Morgan fingerprint density at radius 2 is 1.92 bits per heavy atom. The molecule has 2 aromatic carbocycles. The van der Waals surface area contributed by atoms with Crippen LogP contribution in [-0.2, 0) is 4.79 Å². The van der Waals surface area contributed by atoms with Gasteiger partial charge in [0.05, 0.1) is 6.61 Å². The van der Waals surface area contributed by atoms with Crippen molar-refractivity contribution in [3.05, 3.63) is 54.1 Å². The van der Waals surface area contributed by atoms with Crippen molar-refractivity contribution < 1.29 is 19.4 Å². The molecule has 124 valence electrons. The molecule has 5 nitrogen and oxygen atoms in total. The first kappa shape index (κ1) is 16.1. The second-order valence-corrected chi connectivity index (χ2v) is 5.85. The van der Waals surface area contributed by atoms with Crippen molar-refractivity contribution in [3.63, 3.8) is 0 Å². The third-order valence-corrected chi connectivity index (χ3v) is 4.13. The molecule has 5 heteroatoms. The molecule has 1 aliphatic rings. The van der Waals surface area contributed by atoms with Gasteiger partial charge in [-0.3, -0.25) is 4.79 Å². The number of carbonyl (C=O) groups is 2. The van der Waals surface area contributed by atoms with Gasteiger partial charge in [0.1, 0.15) is 11.3 Å². The van der Waals surface area contributed by atoms with Crippen LogP contribution in [0, 0.1) is 0 Å². The fraction of sp³-hybridized carbons (Fsp3) is 0.263. The van der Waals surface area contributed by atoms with Crippen molar-refractivity contribution in [2.75, 3.05) is 6.61 Å². The van der Waals surface area contributed by atoms with E-state index >= 15 is 0 Å². The topological polar surface area (TPSA) is 75.6 Å². The van der Waals surface area contributed by atoms with Gasteiger partial charge in [0.2, 0.25) is 0 Å². The van der Waals surface area contributed by atoms with Gasteiger partial charge in [0.15, 0.2) is 0 Å². The van der Waals surface area contributed by atoms with E-state index in [2.05, 4.69) is 5.32 Å². The molecule has 24 heavy (non-hydrogen) atoms. The molecule has 0 unspecified atom stereocenters. The smallest absolute Gasteiger partial charge is 0.329 e. The van der Waals surface area contributed by atoms with Crippen LogP contribution in [0.15, 0.2) is 48.5 Å². The quantitative estimate of drug-likeness (QED) is 0.856. The van der Waals surface area contributed by atoms with Crippen LogP contribution >= 0.6 is 0 Å². The summed E-state index contributed by atoms with van der Waals surface area (Å²) in [4.78, 5) is 23.6. The second-order valence-electron chi connectivity index (χ2n) is 5.85. The van der Waals surface area contributed by atoms with Crippen molar-refractivity contribution in [1.82, 2.24) is 5.32 Å². The number of ether oxygens (including phenoxy) is 1. The van der Waals surface area contributed by atoms with Gasteiger partial charge in [-0.25, -0.2) is 4.79 Å². The van der Waals surface area contributed by atoms with Crippen LogP contribution in [0.1, 0.15) is 30.1 Å². The molecular weight excluding hydrogens is 306 g/mol. The fourth-order valence-corrected chi connectivity index (χ4v) is 2.62. The molecule has 0 aromatic heterocycles. The first-order valence-corrected chi connectivity index (χ1v) is 7.94. The maximum absolute atomic E-state index is 12.4. The number of hydrogen-bond donors (Lipinski definition) is 2. The summed E-state index contributed by atoms with van der Waals surface area (Å²) >= 11 is 0. The lowest BCUT2D eigenvalue weighted by Crippen LogP contribution is -2.43. The van der Waals surface area contributed by atoms with Crippen LogP contribution in [0.2, 0.25) is 0 Å². The van der Waals surface area contributed by atoms with Crippen molar-refractivity contribution in [2.24, 2.45) is 0 Å². The molecule has 1 fully saturated rings. The molecule has 0 bridgehead atoms. The Balaban J connectivity index is 1.87. The zero-order chi connectivity index (χ0) is 17.2. The Bertz CT molecular complexity index is 780. The maximum atomic E-state index is 12.4. The van der Waals surface area contributed by atoms with E-state index in [4.69, 9.17) is 4.74 Å². The number of amides is 1. The number of carboxylic acid groups (broad SMARTS) is 1. The van der Waals surface area contributed by atoms with Crippen LogP contribution in [0.25, 0.3) is 11.1 Å². The SMILES string of the molecule is CCOc1ccccc1-c1cccc(C(=O)NC2(C(=O)O)CC2)c1. The van der Waals surface area contributed by atoms with Gasteiger partial charge in [0.25, 0.3) is 5.91 Å². The highest BCUT2D eigenvalue weighted by Crippen LogP contribution is 2.36. The van der Waals surface area contributed by atoms with E-state index in [0.717, 1.165) is 16.9 Å². The zero-order valence-corrected chi connectivity index (χ0v) is 13.4. The summed E-state index contributed by atoms with van der Waals surface area (Å²) in [5.74, 6) is -0.596. The highest BCUT2D eigenvalue weighted by molar-refractivity contribution is 5.99. The molecule has 1 aliphatic carbocycles. The Labute approximate surface area is 140 Å². The highest BCUT2D eigenvalue weighted by atomic mass is 16.5. The van der Waals surface area contributed by atoms with Gasteiger partial charge in [-0.05, 0) is 43.5 Å². The summed E-state index contributed by atoms with van der Waals surface area (Å²) in [6, 6.07) is 14.7. The van der Waals surface area contributed by atoms with Gasteiger partial charge in [-0.15, -0.1) is 0 Å². The molecule has 1 saturated carbocycles. The van der Waals surface area contributed by atoms with Gasteiger partial charge >= 0.3 is 5.97 Å². The molecule has 0 aliphatic heterocycles. The number of nitrogens with one attached hydrogen (secondary N) is 1. The Morgan fingerprint density at radius 1 is 1.17 bits per heavy atom. The predicted molar refractivity (Wildman–Crippen MR) is 90.1 cm³/mol. The van der Waals surface area contributed by atoms with E-state index in [1.54, 1.807) is 18.2 Å². The van der Waals surface area contributed by atoms with Gasteiger partial charge in [-0.1, -0.05) is 30.3 Å². The lowest BCUT2D eigenvalue weighted by molar-refractivity contribution is -0.140. The molecular formula is C19H19NO4. The summed E-state index contributed by atoms with van der Waals surface area (Å²) in [6.07, 6.45) is 0.946. The molecule has 1 amide bonds. The lowest BCUT2D eigenvalue weighted by Gasteiger charge is -2.14. The Morgan fingerprint density at radius 3 is 2.58 bits per heavy atom. The van der Waals surface area contributed by atoms with Crippen molar-refractivity contribution in [3.8, 4) is 16.9 Å². The lowest BCUT2D eigenvalue weighted by atomic mass is 10.0. The van der Waals surface area contributed by atoms with Crippen LogP contribution in [0.5, 0.6) is 5.75 Å². The van der Waals surface area contributed by atoms with Crippen molar-refractivity contribution in [1.29, 1.82) is 0 Å². The second kappa shape index (κ2) is 6.35. The van der Waals surface area contributed by atoms with E-state index in [9.17, 15) is 14.7 Å². The van der Waals surface area contributed by atoms with Gasteiger partial charge in [-0.2, -0.15) is 0 Å². The number of hydrogen-bond acceptors (Lipinski definition) is 3. The van der Waals surface area contributed by atoms with Crippen LogP contribution in [0.4, 0.5) is 0 Å². The largest absolute Gasteiger partial charge is 0.493 e. The number of para-hydroxylation sites is 1. The molecule has 2 aromatic rings. The van der Waals surface area contributed by atoms with Gasteiger partial charge < -0.3 is 15.2 Å². The molecule has 0 spiro atoms. The van der Waals surface area contributed by atoms with E-state index < -0.39 is 11.5 Å². The third kappa shape index (κ3) is 3.11. The predicted octanol–water partition coefficient (Wildman–Crippen LogP) is 3.10. The molecule has 3 rings (SSSR count). The zero-order valence-electron chi connectivity index (χ0n) is 13.4. The summed E-state index contributed by atoms with van der Waals surface area (Å²) in [5.41, 5.74) is 1.10. The molecule has 0 radical (unpaired) electrons. The van der Waals surface area contributed by atoms with E-state index in [1.807, 2.05) is 37.3 Å². The maximum Gasteiger partial charge on any atom is 0.329 e. The average molecular weight is 325 g/mol. The number of benzene rings is 2. The van der Waals surface area contributed by atoms with E-state index in [1.165, 1.54) is 0 Å². The number of rotatable bonds is 6. The van der Waals surface area contributed by atoms with Crippen LogP contribution in [0.3, 0.4) is 0 Å². The number of aliphatic carboxylic acids is 1. The summed E-state index contributed by atoms with van der Waals surface area (Å²) < 4.78 is 5.64. The average Bonchev–Trinajstić information content (AvgIpc) is 3.37. The summed E-state index contributed by atoms with van der Waals surface area (Å²) in [6.45, 7) is 2.47. The Kier molecular flexibility index (Phi) is 4.25. The van der Waals surface area contributed by atoms with E-state index in [0.29, 0.717) is 25.0 Å². The van der Waals surface area contributed by atoms with Crippen LogP contribution in [-0.4, -0.2) is 29.1 Å². The summed E-state index contributed by atoms with van der Waals surface area (Å²) in [5, 5.41) is 11.8. The normalized spacial score (nSPS) is 14.7. The van der Waals surface area contributed by atoms with Crippen molar-refractivity contribution >= 4 is 11.9 Å². The van der Waals surface area contributed by atoms with E-state index in [-0.39, 0.29) is 5.91 Å². The standard InChI is InChI=1S/C19H19NO4/c1-2-24-16-9-4-3-8-15(16)13-6-5-7-14(12-13)17(21)20-19(10-11-19)18(22)23/h3-9,12H,2,10-11H2,1H3,(H,20,21)(H,22,23). The monoisotopic (exact) mass is 325 g/mol. The number of carbonyl (C=O) groups excluding carboxylic acids is 1. The molecule has 0 atom stereocenters. The third-order valence-electron chi connectivity index (χ3n) is 4.13. The molecule has 0 heterocycles. The minimum atomic E-state index is -1.09. The number of carboxylic acids is 1. The van der Waals surface area contributed by atoms with Crippen molar-refractivity contribution in [2.45, 2.75) is 25.3 Å². The summed E-state index contributed by atoms with van der Waals surface area (Å²) in [7, 11) is 0. The van der Waals surface area contributed by atoms with Crippen LogP contribution < -0.4 is 10.1 Å². The minimum absolute atomic E-state index is 0.370.